The van der Waals surface area contributed by atoms with Crippen LogP contribution in [0.5, 0.6) is 0 Å². The maximum absolute atomic E-state index is 13.1. The Balaban J connectivity index is 1.54. The first kappa shape index (κ1) is 20.4. The van der Waals surface area contributed by atoms with Gasteiger partial charge in [-0.1, -0.05) is 37.3 Å². The van der Waals surface area contributed by atoms with Gasteiger partial charge in [-0.2, -0.15) is 0 Å². The first-order chi connectivity index (χ1) is 14.5. The second-order valence-electron chi connectivity index (χ2n) is 7.49. The molecule has 0 unspecified atom stereocenters. The zero-order valence-electron chi connectivity index (χ0n) is 17.1. The lowest BCUT2D eigenvalue weighted by molar-refractivity contribution is -0.132. The van der Waals surface area contributed by atoms with Crippen LogP contribution in [-0.4, -0.2) is 60.7 Å². The van der Waals surface area contributed by atoms with Crippen molar-refractivity contribution in [3.63, 3.8) is 0 Å². The molecule has 8 heteroatoms. The zero-order valence-corrected chi connectivity index (χ0v) is 17.9. The minimum atomic E-state index is -3.55. The van der Waals surface area contributed by atoms with E-state index in [-0.39, 0.29) is 23.4 Å². The van der Waals surface area contributed by atoms with E-state index >= 15 is 0 Å². The number of aromatic nitrogens is 2. The van der Waals surface area contributed by atoms with Gasteiger partial charge in [-0.05, 0) is 30.7 Å². The molecule has 0 aliphatic carbocycles. The average Bonchev–Trinajstić information content (AvgIpc) is 3.14. The number of sulfone groups is 1. The summed E-state index contributed by atoms with van der Waals surface area (Å²) in [5.74, 6) is -0.0703. The molecule has 0 radical (unpaired) electrons. The van der Waals surface area contributed by atoms with Crippen LogP contribution in [-0.2, 0) is 21.2 Å². The van der Waals surface area contributed by atoms with Gasteiger partial charge >= 0.3 is 0 Å². The molecule has 158 valence electrons. The average molecular weight is 427 g/mol. The molecule has 0 atom stereocenters. The van der Waals surface area contributed by atoms with E-state index < -0.39 is 9.84 Å². The number of rotatable bonds is 6. The normalized spacial score (nSPS) is 15.0. The number of anilines is 1. The van der Waals surface area contributed by atoms with Gasteiger partial charge in [0.2, 0.25) is 20.9 Å². The second-order valence-corrected chi connectivity index (χ2v) is 9.49. The highest BCUT2D eigenvalue weighted by Crippen LogP contribution is 2.22. The van der Waals surface area contributed by atoms with Crippen molar-refractivity contribution in [1.82, 2.24) is 14.5 Å². The van der Waals surface area contributed by atoms with Crippen molar-refractivity contribution >= 4 is 32.5 Å². The fraction of sp³-hybridized carbons (Fsp3) is 0.364. The number of piperazine rings is 1. The standard InChI is InChI=1S/C22H26N4O3S/c1-2-16-30(28,29)22-23-19-10-6-7-11-20(19)26(22)17-21(27)25-14-12-24(13-15-25)18-8-4-3-5-9-18/h3-11H,2,12-17H2,1H3. The van der Waals surface area contributed by atoms with E-state index in [1.54, 1.807) is 10.6 Å². The number of carbonyl (C=O) groups excluding carboxylic acids is 1. The SMILES string of the molecule is CCCS(=O)(=O)c1nc2ccccc2n1CC(=O)N1CCN(c2ccccc2)CC1. The third kappa shape index (κ3) is 4.05. The van der Waals surface area contributed by atoms with Crippen LogP contribution in [0.2, 0.25) is 0 Å². The number of nitrogens with zero attached hydrogens (tertiary/aromatic N) is 4. The highest BCUT2D eigenvalue weighted by molar-refractivity contribution is 7.91. The Morgan fingerprint density at radius 3 is 2.33 bits per heavy atom. The van der Waals surface area contributed by atoms with Gasteiger partial charge in [0.1, 0.15) is 6.54 Å². The van der Waals surface area contributed by atoms with Gasteiger partial charge in [-0.25, -0.2) is 13.4 Å². The van der Waals surface area contributed by atoms with Crippen molar-refractivity contribution in [3.8, 4) is 0 Å². The molecule has 1 aliphatic rings. The number of carbonyl (C=O) groups is 1. The highest BCUT2D eigenvalue weighted by Gasteiger charge is 2.27. The Hall–Kier alpha value is -2.87. The van der Waals surface area contributed by atoms with E-state index in [1.165, 1.54) is 0 Å². The quantitative estimate of drug-likeness (QED) is 0.606. The molecular formula is C22H26N4O3S. The second kappa shape index (κ2) is 8.47. The lowest BCUT2D eigenvalue weighted by Crippen LogP contribution is -2.49. The van der Waals surface area contributed by atoms with Crippen LogP contribution in [0.3, 0.4) is 0 Å². The van der Waals surface area contributed by atoms with Gasteiger partial charge in [0, 0.05) is 31.9 Å². The van der Waals surface area contributed by atoms with E-state index in [2.05, 4.69) is 22.0 Å². The molecule has 2 heterocycles. The Morgan fingerprint density at radius 1 is 0.967 bits per heavy atom. The van der Waals surface area contributed by atoms with Gasteiger partial charge in [0.05, 0.1) is 16.8 Å². The summed E-state index contributed by atoms with van der Waals surface area (Å²) in [6.45, 7) is 4.52. The molecule has 1 fully saturated rings. The van der Waals surface area contributed by atoms with Crippen molar-refractivity contribution in [2.45, 2.75) is 25.0 Å². The zero-order chi connectivity index (χ0) is 21.1. The number of para-hydroxylation sites is 3. The third-order valence-electron chi connectivity index (χ3n) is 5.42. The van der Waals surface area contributed by atoms with Crippen LogP contribution in [0.15, 0.2) is 59.8 Å². The van der Waals surface area contributed by atoms with Crippen molar-refractivity contribution in [2.75, 3.05) is 36.8 Å². The predicted molar refractivity (Wildman–Crippen MR) is 117 cm³/mol. The van der Waals surface area contributed by atoms with Crippen LogP contribution in [0.25, 0.3) is 11.0 Å². The number of fused-ring (bicyclic) bond motifs is 1. The maximum Gasteiger partial charge on any atom is 0.242 e. The summed E-state index contributed by atoms with van der Waals surface area (Å²) >= 11 is 0. The number of amides is 1. The largest absolute Gasteiger partial charge is 0.368 e. The van der Waals surface area contributed by atoms with Crippen LogP contribution < -0.4 is 4.90 Å². The van der Waals surface area contributed by atoms with E-state index in [0.717, 1.165) is 18.8 Å². The van der Waals surface area contributed by atoms with Gasteiger partial charge < -0.3 is 14.4 Å². The summed E-state index contributed by atoms with van der Waals surface area (Å²) in [5, 5.41) is -0.0122. The first-order valence-electron chi connectivity index (χ1n) is 10.3. The van der Waals surface area contributed by atoms with E-state index in [4.69, 9.17) is 0 Å². The Labute approximate surface area is 176 Å². The molecule has 0 spiro atoms. The number of benzene rings is 2. The van der Waals surface area contributed by atoms with Crippen LogP contribution in [0, 0.1) is 0 Å². The minimum Gasteiger partial charge on any atom is -0.368 e. The molecule has 0 saturated carbocycles. The molecule has 3 aromatic rings. The third-order valence-corrected chi connectivity index (χ3v) is 7.23. The fourth-order valence-corrected chi connectivity index (χ4v) is 5.35. The lowest BCUT2D eigenvalue weighted by atomic mass is 10.2. The molecule has 7 nitrogen and oxygen atoms in total. The molecule has 30 heavy (non-hydrogen) atoms. The summed E-state index contributed by atoms with van der Waals surface area (Å²) < 4.78 is 27.1. The smallest absolute Gasteiger partial charge is 0.242 e. The van der Waals surface area contributed by atoms with Crippen molar-refractivity contribution in [3.05, 3.63) is 54.6 Å². The summed E-state index contributed by atoms with van der Waals surface area (Å²) in [5.41, 5.74) is 2.41. The minimum absolute atomic E-state index is 0.0122. The molecule has 2 aromatic carbocycles. The molecule has 1 saturated heterocycles. The summed E-state index contributed by atoms with van der Waals surface area (Å²) in [7, 11) is -3.55. The molecule has 0 N–H and O–H groups in total. The lowest BCUT2D eigenvalue weighted by Gasteiger charge is -2.36. The van der Waals surface area contributed by atoms with Crippen LogP contribution >= 0.6 is 0 Å². The van der Waals surface area contributed by atoms with Gasteiger partial charge in [0.15, 0.2) is 0 Å². The fourth-order valence-electron chi connectivity index (χ4n) is 3.89. The van der Waals surface area contributed by atoms with E-state index in [9.17, 15) is 13.2 Å². The molecule has 1 aliphatic heterocycles. The van der Waals surface area contributed by atoms with E-state index in [0.29, 0.717) is 30.5 Å². The molecular weight excluding hydrogens is 400 g/mol. The maximum atomic E-state index is 13.1. The van der Waals surface area contributed by atoms with Crippen LogP contribution in [0.1, 0.15) is 13.3 Å². The van der Waals surface area contributed by atoms with E-state index in [1.807, 2.05) is 48.2 Å². The van der Waals surface area contributed by atoms with Gasteiger partial charge in [0.25, 0.3) is 0 Å². The van der Waals surface area contributed by atoms with Crippen LogP contribution in [0.4, 0.5) is 5.69 Å². The number of hydrogen-bond donors (Lipinski definition) is 0. The van der Waals surface area contributed by atoms with Gasteiger partial charge in [-0.3, -0.25) is 4.79 Å². The number of imidazole rings is 1. The Morgan fingerprint density at radius 2 is 1.63 bits per heavy atom. The number of hydrogen-bond acceptors (Lipinski definition) is 5. The Kier molecular flexibility index (Phi) is 5.76. The molecule has 1 amide bonds. The molecule has 0 bridgehead atoms. The molecule has 4 rings (SSSR count). The first-order valence-corrected chi connectivity index (χ1v) is 11.9. The van der Waals surface area contributed by atoms with Crippen molar-refractivity contribution in [1.29, 1.82) is 0 Å². The topological polar surface area (TPSA) is 75.5 Å². The van der Waals surface area contributed by atoms with Gasteiger partial charge in [-0.15, -0.1) is 0 Å². The Bertz CT molecular complexity index is 1130. The molecule has 1 aromatic heterocycles. The monoisotopic (exact) mass is 426 g/mol. The summed E-state index contributed by atoms with van der Waals surface area (Å²) in [6, 6.07) is 17.4. The highest BCUT2D eigenvalue weighted by atomic mass is 32.2. The predicted octanol–water partition coefficient (Wildman–Crippen LogP) is 2.57. The summed E-state index contributed by atoms with van der Waals surface area (Å²) in [4.78, 5) is 21.5. The van der Waals surface area contributed by atoms with Crippen molar-refractivity contribution < 1.29 is 13.2 Å². The van der Waals surface area contributed by atoms with Crippen molar-refractivity contribution in [2.24, 2.45) is 0 Å². The summed E-state index contributed by atoms with van der Waals surface area (Å²) in [6.07, 6.45) is 0.501.